The third-order valence-electron chi connectivity index (χ3n) is 4.24. The molecule has 144 valence electrons. The van der Waals surface area contributed by atoms with E-state index in [4.69, 9.17) is 12.2 Å². The van der Waals surface area contributed by atoms with Crippen LogP contribution in [0.15, 0.2) is 71.8 Å². The van der Waals surface area contributed by atoms with Crippen LogP contribution in [0.1, 0.15) is 5.69 Å². The van der Waals surface area contributed by atoms with Crippen LogP contribution in [0.4, 0.5) is 15.8 Å². The molecule has 1 aliphatic rings. The molecule has 29 heavy (non-hydrogen) atoms. The van der Waals surface area contributed by atoms with Gasteiger partial charge in [-0.3, -0.25) is 19.8 Å². The average Bonchev–Trinajstić information content (AvgIpc) is 3.26. The second kappa shape index (κ2) is 7.61. The summed E-state index contributed by atoms with van der Waals surface area (Å²) in [5.74, 6) is -0.808. The number of thiocarbonyl (C=S) groups is 1. The predicted molar refractivity (Wildman–Crippen MR) is 114 cm³/mol. The SMILES string of the molecule is O=C1/C(=C\c2cccn2-c2cccc([N+](=O)[O-])c2)SC(=S)N1c1cccc(F)c1. The number of anilines is 1. The highest BCUT2D eigenvalue weighted by Crippen LogP contribution is 2.36. The van der Waals surface area contributed by atoms with Gasteiger partial charge in [0.25, 0.3) is 11.6 Å². The number of halogens is 1. The Morgan fingerprint density at radius 3 is 2.59 bits per heavy atom. The van der Waals surface area contributed by atoms with Crippen molar-refractivity contribution in [1.82, 2.24) is 4.57 Å². The van der Waals surface area contributed by atoms with Gasteiger partial charge < -0.3 is 4.57 Å². The van der Waals surface area contributed by atoms with Gasteiger partial charge in [0, 0.05) is 24.0 Å². The summed E-state index contributed by atoms with van der Waals surface area (Å²) >= 11 is 6.43. The van der Waals surface area contributed by atoms with Gasteiger partial charge in [-0.05, 0) is 42.5 Å². The Balaban J connectivity index is 1.69. The van der Waals surface area contributed by atoms with Crippen molar-refractivity contribution in [2.24, 2.45) is 0 Å². The van der Waals surface area contributed by atoms with Crippen LogP contribution in [0.2, 0.25) is 0 Å². The molecule has 0 aliphatic carbocycles. The summed E-state index contributed by atoms with van der Waals surface area (Å²) in [4.78, 5) is 25.1. The number of hydrogen-bond donors (Lipinski definition) is 0. The quantitative estimate of drug-likeness (QED) is 0.257. The molecule has 1 aromatic heterocycles. The Bertz CT molecular complexity index is 1190. The molecule has 1 fully saturated rings. The van der Waals surface area contributed by atoms with E-state index in [2.05, 4.69) is 0 Å². The van der Waals surface area contributed by atoms with Gasteiger partial charge in [0.1, 0.15) is 5.82 Å². The van der Waals surface area contributed by atoms with Crippen molar-refractivity contribution in [3.8, 4) is 5.69 Å². The summed E-state index contributed by atoms with van der Waals surface area (Å²) in [7, 11) is 0. The molecule has 0 atom stereocenters. The van der Waals surface area contributed by atoms with Gasteiger partial charge in [-0.15, -0.1) is 0 Å². The second-order valence-electron chi connectivity index (χ2n) is 6.08. The first kappa shape index (κ1) is 19.0. The van der Waals surface area contributed by atoms with Gasteiger partial charge in [0.05, 0.1) is 21.2 Å². The van der Waals surface area contributed by atoms with E-state index in [1.54, 1.807) is 47.2 Å². The fourth-order valence-electron chi connectivity index (χ4n) is 2.94. The van der Waals surface area contributed by atoms with E-state index >= 15 is 0 Å². The molecule has 4 rings (SSSR count). The summed E-state index contributed by atoms with van der Waals surface area (Å²) in [5, 5.41) is 11.1. The minimum atomic E-state index is -0.462. The van der Waals surface area contributed by atoms with Crippen LogP contribution in [-0.2, 0) is 4.79 Å². The number of benzene rings is 2. The zero-order valence-corrected chi connectivity index (χ0v) is 16.3. The number of carbonyl (C=O) groups excluding carboxylic acids is 1. The lowest BCUT2D eigenvalue weighted by atomic mass is 10.2. The van der Waals surface area contributed by atoms with E-state index in [-0.39, 0.29) is 11.6 Å². The normalized spacial score (nSPS) is 15.3. The lowest BCUT2D eigenvalue weighted by Crippen LogP contribution is -2.27. The van der Waals surface area contributed by atoms with Crippen LogP contribution in [0.5, 0.6) is 0 Å². The Morgan fingerprint density at radius 2 is 1.83 bits per heavy atom. The number of carbonyl (C=O) groups is 1. The van der Waals surface area contributed by atoms with Crippen molar-refractivity contribution in [3.63, 3.8) is 0 Å². The summed E-state index contributed by atoms with van der Waals surface area (Å²) in [6, 6.07) is 15.4. The summed E-state index contributed by atoms with van der Waals surface area (Å²) in [5.41, 5.74) is 1.59. The van der Waals surface area contributed by atoms with Crippen LogP contribution >= 0.6 is 24.0 Å². The van der Waals surface area contributed by atoms with E-state index in [1.165, 1.54) is 35.2 Å². The molecule has 3 aromatic rings. The molecular formula is C20H12FN3O3S2. The Hall–Kier alpha value is -3.30. The molecule has 0 unspecified atom stereocenters. The summed E-state index contributed by atoms with van der Waals surface area (Å²) in [6.45, 7) is 0. The molecule has 0 spiro atoms. The van der Waals surface area contributed by atoms with E-state index in [0.717, 1.165) is 11.8 Å². The fourth-order valence-corrected chi connectivity index (χ4v) is 4.23. The highest BCUT2D eigenvalue weighted by atomic mass is 32.2. The molecule has 2 aromatic carbocycles. The molecule has 9 heteroatoms. The maximum absolute atomic E-state index is 13.6. The Morgan fingerprint density at radius 1 is 1.07 bits per heavy atom. The van der Waals surface area contributed by atoms with E-state index < -0.39 is 10.7 Å². The van der Waals surface area contributed by atoms with Gasteiger partial charge >= 0.3 is 0 Å². The molecule has 6 nitrogen and oxygen atoms in total. The summed E-state index contributed by atoms with van der Waals surface area (Å²) in [6.07, 6.45) is 3.41. The van der Waals surface area contributed by atoms with Crippen molar-refractivity contribution < 1.29 is 14.1 Å². The highest BCUT2D eigenvalue weighted by molar-refractivity contribution is 8.27. The minimum Gasteiger partial charge on any atom is -0.317 e. The Labute approximate surface area is 174 Å². The number of aromatic nitrogens is 1. The Kier molecular flexibility index (Phi) is 4.99. The predicted octanol–water partition coefficient (Wildman–Crippen LogP) is 4.93. The molecule has 1 saturated heterocycles. The molecular weight excluding hydrogens is 413 g/mol. The number of nitro benzene ring substituents is 1. The van der Waals surface area contributed by atoms with Gasteiger partial charge in [-0.2, -0.15) is 0 Å². The van der Waals surface area contributed by atoms with Gasteiger partial charge in [-0.25, -0.2) is 4.39 Å². The third-order valence-corrected chi connectivity index (χ3v) is 5.54. The molecule has 1 aliphatic heterocycles. The number of amides is 1. The standard InChI is InChI=1S/C20H12FN3O3S2/c21-13-4-1-6-16(10-13)23-19(25)18(29-20(23)28)12-15-8-3-9-22(15)14-5-2-7-17(11-14)24(26)27/h1-12H/b18-12+. The fraction of sp³-hybridized carbons (Fsp3) is 0. The molecule has 0 N–H and O–H groups in total. The second-order valence-corrected chi connectivity index (χ2v) is 7.75. The molecule has 0 saturated carbocycles. The molecule has 0 bridgehead atoms. The first-order chi connectivity index (χ1) is 13.9. The van der Waals surface area contributed by atoms with Crippen LogP contribution < -0.4 is 4.90 Å². The number of thioether (sulfide) groups is 1. The monoisotopic (exact) mass is 425 g/mol. The van der Waals surface area contributed by atoms with Crippen molar-refractivity contribution in [1.29, 1.82) is 0 Å². The van der Waals surface area contributed by atoms with Crippen LogP contribution in [-0.4, -0.2) is 19.7 Å². The van der Waals surface area contributed by atoms with Gasteiger partial charge in [0.15, 0.2) is 4.32 Å². The molecule has 1 amide bonds. The van der Waals surface area contributed by atoms with Crippen molar-refractivity contribution in [3.05, 3.63) is 93.4 Å². The smallest absolute Gasteiger partial charge is 0.271 e. The van der Waals surface area contributed by atoms with Crippen LogP contribution in [0.3, 0.4) is 0 Å². The molecule has 0 radical (unpaired) electrons. The highest BCUT2D eigenvalue weighted by Gasteiger charge is 2.33. The third kappa shape index (κ3) is 3.69. The zero-order chi connectivity index (χ0) is 20.5. The van der Waals surface area contributed by atoms with Crippen LogP contribution in [0.25, 0.3) is 11.8 Å². The van der Waals surface area contributed by atoms with Gasteiger partial charge in [-0.1, -0.05) is 36.1 Å². The number of hydrogen-bond acceptors (Lipinski definition) is 5. The number of nitro groups is 1. The van der Waals surface area contributed by atoms with E-state index in [0.29, 0.717) is 26.3 Å². The number of rotatable bonds is 4. The maximum atomic E-state index is 13.6. The van der Waals surface area contributed by atoms with Gasteiger partial charge in [0.2, 0.25) is 0 Å². The lowest BCUT2D eigenvalue weighted by molar-refractivity contribution is -0.384. The van der Waals surface area contributed by atoms with Crippen molar-refractivity contribution in [2.75, 3.05) is 4.90 Å². The number of non-ortho nitro benzene ring substituents is 1. The first-order valence-electron chi connectivity index (χ1n) is 8.40. The molecule has 2 heterocycles. The topological polar surface area (TPSA) is 68.4 Å². The average molecular weight is 425 g/mol. The first-order valence-corrected chi connectivity index (χ1v) is 9.62. The van der Waals surface area contributed by atoms with Crippen molar-refractivity contribution in [2.45, 2.75) is 0 Å². The van der Waals surface area contributed by atoms with Crippen molar-refractivity contribution >= 4 is 51.7 Å². The largest absolute Gasteiger partial charge is 0.317 e. The zero-order valence-electron chi connectivity index (χ0n) is 14.7. The lowest BCUT2D eigenvalue weighted by Gasteiger charge is -2.14. The number of nitrogens with zero attached hydrogens (tertiary/aromatic N) is 3. The van der Waals surface area contributed by atoms with E-state index in [9.17, 15) is 19.3 Å². The van der Waals surface area contributed by atoms with E-state index in [1.807, 2.05) is 0 Å². The maximum Gasteiger partial charge on any atom is 0.271 e. The minimum absolute atomic E-state index is 0.0282. The summed E-state index contributed by atoms with van der Waals surface area (Å²) < 4.78 is 15.6. The van der Waals surface area contributed by atoms with Crippen LogP contribution in [0, 0.1) is 15.9 Å².